The number of hydrogen-bond acceptors (Lipinski definition) is 1. The van der Waals surface area contributed by atoms with E-state index in [9.17, 15) is 9.90 Å². The van der Waals surface area contributed by atoms with Crippen molar-refractivity contribution < 1.29 is 9.90 Å². The molecule has 0 fully saturated rings. The maximum Gasteiger partial charge on any atom is 0.258 e. The summed E-state index contributed by atoms with van der Waals surface area (Å²) in [6, 6.07) is 16.6. The van der Waals surface area contributed by atoms with Gasteiger partial charge in [-0.25, -0.2) is 5.11 Å². The van der Waals surface area contributed by atoms with Crippen molar-refractivity contribution in [1.29, 1.82) is 0 Å². The van der Waals surface area contributed by atoms with Crippen LogP contribution in [-0.4, -0.2) is 19.1 Å². The smallest absolute Gasteiger partial charge is 0.258 e. The Balaban J connectivity index is 2.33. The highest BCUT2D eigenvalue weighted by Gasteiger charge is 2.17. The molecule has 3 nitrogen and oxygen atoms in total. The summed E-state index contributed by atoms with van der Waals surface area (Å²) in [5.74, 6) is -0.137. The molecule has 0 N–H and O–H groups in total. The summed E-state index contributed by atoms with van der Waals surface area (Å²) >= 11 is 0. The Labute approximate surface area is 113 Å². The molecule has 1 amide bonds. The summed E-state index contributed by atoms with van der Waals surface area (Å²) in [5.41, 5.74) is 2.43. The molecule has 0 unspecified atom stereocenters. The van der Waals surface area contributed by atoms with Gasteiger partial charge in [-0.2, -0.15) is 0 Å². The standard InChI is InChI=1S/C16H16NO2/c1-13-6-5-9-15(12-13)17(10-11-18)16(19)14-7-3-2-4-8-14/h2-9,12H,10-11H2,1H3. The molecule has 0 bridgehead atoms. The fraction of sp³-hybridized carbons (Fsp3) is 0.188. The number of amides is 1. The number of benzene rings is 2. The van der Waals surface area contributed by atoms with E-state index in [-0.39, 0.29) is 19.1 Å². The number of carbonyl (C=O) groups excluding carboxylic acids is 1. The van der Waals surface area contributed by atoms with Crippen LogP contribution in [-0.2, 0) is 5.11 Å². The molecule has 2 aromatic rings. The van der Waals surface area contributed by atoms with E-state index in [2.05, 4.69) is 0 Å². The number of carbonyl (C=O) groups is 1. The molecule has 0 aliphatic carbocycles. The number of hydrogen-bond donors (Lipinski definition) is 0. The fourth-order valence-corrected chi connectivity index (χ4v) is 1.97. The lowest BCUT2D eigenvalue weighted by molar-refractivity contribution is 0.0973. The molecule has 0 atom stereocenters. The molecule has 0 aliphatic heterocycles. The van der Waals surface area contributed by atoms with Crippen LogP contribution in [0, 0.1) is 6.92 Å². The van der Waals surface area contributed by atoms with Gasteiger partial charge in [0.2, 0.25) is 0 Å². The summed E-state index contributed by atoms with van der Waals surface area (Å²) in [7, 11) is 0. The van der Waals surface area contributed by atoms with Gasteiger partial charge >= 0.3 is 0 Å². The quantitative estimate of drug-likeness (QED) is 0.826. The largest absolute Gasteiger partial charge is 0.306 e. The normalized spacial score (nSPS) is 10.2. The molecule has 0 saturated carbocycles. The first kappa shape index (κ1) is 13.3. The van der Waals surface area contributed by atoms with Crippen molar-refractivity contribution in [2.75, 3.05) is 18.1 Å². The van der Waals surface area contributed by atoms with Crippen LogP contribution in [0.4, 0.5) is 5.69 Å². The molecular formula is C16H16NO2. The topological polar surface area (TPSA) is 40.2 Å². The van der Waals surface area contributed by atoms with E-state index in [4.69, 9.17) is 0 Å². The van der Waals surface area contributed by atoms with Crippen LogP contribution in [0.3, 0.4) is 0 Å². The van der Waals surface area contributed by atoms with Gasteiger partial charge < -0.3 is 4.90 Å². The highest BCUT2D eigenvalue weighted by Crippen LogP contribution is 2.18. The van der Waals surface area contributed by atoms with E-state index in [1.54, 1.807) is 12.1 Å². The minimum Gasteiger partial charge on any atom is -0.306 e. The third-order valence-electron chi connectivity index (χ3n) is 2.89. The lowest BCUT2D eigenvalue weighted by Gasteiger charge is -2.22. The van der Waals surface area contributed by atoms with Crippen molar-refractivity contribution in [2.24, 2.45) is 0 Å². The Bertz CT molecular complexity index is 552. The van der Waals surface area contributed by atoms with Gasteiger partial charge in [-0.1, -0.05) is 30.3 Å². The third kappa shape index (κ3) is 3.20. The molecule has 0 aliphatic rings. The molecule has 3 heteroatoms. The van der Waals surface area contributed by atoms with E-state index in [1.807, 2.05) is 49.4 Å². The molecule has 0 spiro atoms. The average molecular weight is 254 g/mol. The van der Waals surface area contributed by atoms with E-state index < -0.39 is 0 Å². The molecule has 0 heterocycles. The molecular weight excluding hydrogens is 238 g/mol. The first-order valence-electron chi connectivity index (χ1n) is 6.24. The van der Waals surface area contributed by atoms with Crippen LogP contribution < -0.4 is 4.90 Å². The van der Waals surface area contributed by atoms with Crippen LogP contribution in [0.5, 0.6) is 0 Å². The van der Waals surface area contributed by atoms with E-state index in [0.717, 1.165) is 11.3 Å². The van der Waals surface area contributed by atoms with E-state index >= 15 is 0 Å². The zero-order valence-corrected chi connectivity index (χ0v) is 10.9. The highest BCUT2D eigenvalue weighted by atomic mass is 16.3. The SMILES string of the molecule is Cc1cccc(N(CC[O])C(=O)c2ccccc2)c1. The second-order valence-electron chi connectivity index (χ2n) is 4.37. The summed E-state index contributed by atoms with van der Waals surface area (Å²) < 4.78 is 0. The lowest BCUT2D eigenvalue weighted by atomic mass is 10.1. The Kier molecular flexibility index (Phi) is 4.31. The van der Waals surface area contributed by atoms with Gasteiger partial charge in [0.1, 0.15) is 6.61 Å². The van der Waals surface area contributed by atoms with Crippen molar-refractivity contribution >= 4 is 11.6 Å². The van der Waals surface area contributed by atoms with E-state index in [1.165, 1.54) is 4.90 Å². The predicted octanol–water partition coefficient (Wildman–Crippen LogP) is 3.07. The van der Waals surface area contributed by atoms with Crippen LogP contribution in [0.1, 0.15) is 15.9 Å². The van der Waals surface area contributed by atoms with Crippen molar-refractivity contribution in [3.8, 4) is 0 Å². The zero-order chi connectivity index (χ0) is 13.7. The van der Waals surface area contributed by atoms with Crippen molar-refractivity contribution in [1.82, 2.24) is 0 Å². The maximum atomic E-state index is 12.4. The van der Waals surface area contributed by atoms with Crippen LogP contribution >= 0.6 is 0 Å². The summed E-state index contributed by atoms with van der Waals surface area (Å²) in [6.45, 7) is 1.83. The van der Waals surface area contributed by atoms with Gasteiger partial charge in [-0.3, -0.25) is 4.79 Å². The first-order valence-corrected chi connectivity index (χ1v) is 6.24. The van der Waals surface area contributed by atoms with Gasteiger partial charge in [0.25, 0.3) is 5.91 Å². The number of nitrogens with zero attached hydrogens (tertiary/aromatic N) is 1. The Morgan fingerprint density at radius 1 is 1.05 bits per heavy atom. The van der Waals surface area contributed by atoms with Crippen LogP contribution in [0.2, 0.25) is 0 Å². The molecule has 2 aromatic carbocycles. The second-order valence-corrected chi connectivity index (χ2v) is 4.37. The molecule has 0 aromatic heterocycles. The summed E-state index contributed by atoms with van der Waals surface area (Å²) in [4.78, 5) is 14.0. The molecule has 97 valence electrons. The summed E-state index contributed by atoms with van der Waals surface area (Å²) in [6.07, 6.45) is 0. The molecule has 1 radical (unpaired) electrons. The number of anilines is 1. The first-order chi connectivity index (χ1) is 9.22. The Hall–Kier alpha value is -2.13. The van der Waals surface area contributed by atoms with Gasteiger partial charge in [0, 0.05) is 11.3 Å². The summed E-state index contributed by atoms with van der Waals surface area (Å²) in [5, 5.41) is 10.9. The highest BCUT2D eigenvalue weighted by molar-refractivity contribution is 6.06. The molecule has 2 rings (SSSR count). The van der Waals surface area contributed by atoms with Gasteiger partial charge in [-0.05, 0) is 36.8 Å². The molecule has 0 saturated heterocycles. The number of rotatable bonds is 4. The van der Waals surface area contributed by atoms with E-state index in [0.29, 0.717) is 5.56 Å². The zero-order valence-electron chi connectivity index (χ0n) is 10.9. The van der Waals surface area contributed by atoms with Gasteiger partial charge in [0.15, 0.2) is 0 Å². The average Bonchev–Trinajstić information content (AvgIpc) is 2.45. The molecule has 19 heavy (non-hydrogen) atoms. The minimum absolute atomic E-state index is 0.137. The third-order valence-corrected chi connectivity index (χ3v) is 2.89. The Morgan fingerprint density at radius 3 is 2.42 bits per heavy atom. The second kappa shape index (κ2) is 6.16. The Morgan fingerprint density at radius 2 is 1.79 bits per heavy atom. The maximum absolute atomic E-state index is 12.4. The van der Waals surface area contributed by atoms with Crippen LogP contribution in [0.15, 0.2) is 54.6 Å². The van der Waals surface area contributed by atoms with Crippen molar-refractivity contribution in [2.45, 2.75) is 6.92 Å². The van der Waals surface area contributed by atoms with Crippen LogP contribution in [0.25, 0.3) is 0 Å². The predicted molar refractivity (Wildman–Crippen MR) is 74.9 cm³/mol. The lowest BCUT2D eigenvalue weighted by Crippen LogP contribution is -2.33. The van der Waals surface area contributed by atoms with Crippen molar-refractivity contribution in [3.63, 3.8) is 0 Å². The minimum atomic E-state index is -0.313. The van der Waals surface area contributed by atoms with Gasteiger partial charge in [-0.15, -0.1) is 0 Å². The monoisotopic (exact) mass is 254 g/mol. The van der Waals surface area contributed by atoms with Crippen molar-refractivity contribution in [3.05, 3.63) is 65.7 Å². The fourth-order valence-electron chi connectivity index (χ4n) is 1.97. The number of aryl methyl sites for hydroxylation is 1. The van der Waals surface area contributed by atoms with Gasteiger partial charge in [0.05, 0.1) is 6.54 Å².